The third-order valence-electron chi connectivity index (χ3n) is 7.93. The fourth-order valence-electron chi connectivity index (χ4n) is 5.78. The van der Waals surface area contributed by atoms with Crippen LogP contribution in [0, 0.1) is 0 Å². The van der Waals surface area contributed by atoms with Crippen LogP contribution in [0.2, 0.25) is 0 Å². The number of methoxy groups -OCH3 is 1. The molecule has 2 aliphatic heterocycles. The van der Waals surface area contributed by atoms with Gasteiger partial charge in [-0.05, 0) is 79.9 Å². The summed E-state index contributed by atoms with van der Waals surface area (Å²) in [6.45, 7) is 1.65. The van der Waals surface area contributed by atoms with Gasteiger partial charge in [0, 0.05) is 36.4 Å². The van der Waals surface area contributed by atoms with E-state index in [0.717, 1.165) is 64.5 Å². The summed E-state index contributed by atoms with van der Waals surface area (Å²) in [6, 6.07) is 23.1. The van der Waals surface area contributed by atoms with Crippen LogP contribution in [-0.2, 0) is 17.8 Å². The number of ether oxygens (including phenoxy) is 1. The Kier molecular flexibility index (Phi) is 6.22. The first kappa shape index (κ1) is 25.0. The van der Waals surface area contributed by atoms with Crippen LogP contribution < -0.4 is 14.5 Å². The highest BCUT2D eigenvalue weighted by molar-refractivity contribution is 6.07. The third-order valence-corrected chi connectivity index (χ3v) is 7.93. The van der Waals surface area contributed by atoms with Crippen molar-refractivity contribution >= 4 is 34.2 Å². The zero-order valence-corrected chi connectivity index (χ0v) is 22.7. The van der Waals surface area contributed by atoms with Gasteiger partial charge in [-0.3, -0.25) is 9.59 Å². The van der Waals surface area contributed by atoms with E-state index < -0.39 is 0 Å². The maximum atomic E-state index is 14.1. The lowest BCUT2D eigenvalue weighted by Gasteiger charge is -2.30. The van der Waals surface area contributed by atoms with Gasteiger partial charge in [0.1, 0.15) is 17.0 Å². The van der Waals surface area contributed by atoms with Gasteiger partial charge in [0.2, 0.25) is 5.91 Å². The molecular weight excluding hydrogens is 518 g/mol. The second-order valence-electron chi connectivity index (χ2n) is 10.3. The zero-order valence-electron chi connectivity index (χ0n) is 22.7. The lowest BCUT2D eigenvalue weighted by molar-refractivity contribution is -0.119. The molecule has 2 aromatic heterocycles. The number of para-hydroxylation sites is 1. The normalized spacial score (nSPS) is 15.4. The number of nitrogens with zero attached hydrogens (tertiary/aromatic N) is 7. The van der Waals surface area contributed by atoms with Gasteiger partial charge in [-0.15, -0.1) is 5.10 Å². The zero-order chi connectivity index (χ0) is 27.9. The highest BCUT2D eigenvalue weighted by Gasteiger charge is 2.33. The Morgan fingerprint density at radius 2 is 1.54 bits per heavy atom. The number of aromatic nitrogens is 5. The lowest BCUT2D eigenvalue weighted by atomic mass is 10.0. The molecule has 0 aliphatic carbocycles. The van der Waals surface area contributed by atoms with Gasteiger partial charge in [0.05, 0.1) is 30.6 Å². The Balaban J connectivity index is 1.25. The monoisotopic (exact) mass is 547 g/mol. The molecule has 5 aromatic rings. The summed E-state index contributed by atoms with van der Waals surface area (Å²) in [6.07, 6.45) is 3.17. The molecule has 0 bridgehead atoms. The van der Waals surface area contributed by atoms with Crippen LogP contribution in [0.3, 0.4) is 0 Å². The van der Waals surface area contributed by atoms with Gasteiger partial charge < -0.3 is 14.5 Å². The van der Waals surface area contributed by atoms with Gasteiger partial charge in [0.25, 0.3) is 5.91 Å². The minimum atomic E-state index is -0.119. The van der Waals surface area contributed by atoms with Crippen molar-refractivity contribution < 1.29 is 14.3 Å². The van der Waals surface area contributed by atoms with Gasteiger partial charge >= 0.3 is 0 Å². The largest absolute Gasteiger partial charge is 0.497 e. The molecule has 1 saturated heterocycles. The van der Waals surface area contributed by atoms with Gasteiger partial charge in [-0.1, -0.05) is 17.3 Å². The predicted octanol–water partition coefficient (Wildman–Crippen LogP) is 4.39. The molecule has 7 rings (SSSR count). The van der Waals surface area contributed by atoms with Crippen LogP contribution in [0.5, 0.6) is 5.75 Å². The van der Waals surface area contributed by atoms with E-state index in [1.165, 1.54) is 0 Å². The fraction of sp³-hybridized carbons (Fsp3) is 0.258. The number of fused-ring (bicyclic) bond motifs is 2. The van der Waals surface area contributed by atoms with E-state index in [2.05, 4.69) is 10.3 Å². The van der Waals surface area contributed by atoms with Crippen LogP contribution in [0.1, 0.15) is 41.0 Å². The Morgan fingerprint density at radius 3 is 2.29 bits per heavy atom. The van der Waals surface area contributed by atoms with Crippen LogP contribution in [0.4, 0.5) is 11.4 Å². The number of benzene rings is 3. The number of anilines is 2. The molecule has 4 heterocycles. The van der Waals surface area contributed by atoms with Gasteiger partial charge in [-0.2, -0.15) is 5.10 Å². The first-order chi connectivity index (χ1) is 20.1. The average Bonchev–Trinajstić information content (AvgIpc) is 3.60. The topological polar surface area (TPSA) is 98.4 Å². The molecule has 0 unspecified atom stereocenters. The summed E-state index contributed by atoms with van der Waals surface area (Å²) in [4.78, 5) is 30.2. The molecule has 10 heteroatoms. The summed E-state index contributed by atoms with van der Waals surface area (Å²) in [5, 5.41) is 13.6. The van der Waals surface area contributed by atoms with Gasteiger partial charge in [-0.25, -0.2) is 9.36 Å². The number of carbonyl (C=O) groups is 2. The number of carbonyl (C=O) groups excluding carboxylic acids is 2. The fourth-order valence-corrected chi connectivity index (χ4v) is 5.78. The number of rotatable bonds is 6. The van der Waals surface area contributed by atoms with Crippen LogP contribution >= 0.6 is 0 Å². The van der Waals surface area contributed by atoms with Crippen LogP contribution in [0.15, 0.2) is 72.8 Å². The predicted molar refractivity (Wildman–Crippen MR) is 155 cm³/mol. The Labute approximate surface area is 236 Å². The van der Waals surface area contributed by atoms with E-state index in [-0.39, 0.29) is 11.8 Å². The number of amides is 2. The molecule has 2 aliphatic rings. The molecule has 0 radical (unpaired) electrons. The second kappa shape index (κ2) is 10.2. The van der Waals surface area contributed by atoms with Crippen molar-refractivity contribution in [3.05, 3.63) is 89.7 Å². The standard InChI is InChI=1S/C31H29N7O3/c1-41-24-15-13-23(14-16-24)38-30-25(27(33-38)20-37-28-7-3-2-6-26(28)32-34-37)17-19-36(31(30)40)22-11-9-21(10-12-22)35-18-5-4-8-29(35)39/h2-3,6-7,9-16H,4-5,8,17-20H2,1H3. The highest BCUT2D eigenvalue weighted by atomic mass is 16.5. The second-order valence-corrected chi connectivity index (χ2v) is 10.3. The first-order valence-electron chi connectivity index (χ1n) is 13.9. The van der Waals surface area contributed by atoms with Crippen molar-refractivity contribution in [1.29, 1.82) is 0 Å². The van der Waals surface area contributed by atoms with E-state index in [9.17, 15) is 9.59 Å². The smallest absolute Gasteiger partial charge is 0.277 e. The Hall–Kier alpha value is -4.99. The van der Waals surface area contributed by atoms with Crippen molar-refractivity contribution in [1.82, 2.24) is 24.8 Å². The third kappa shape index (κ3) is 4.41. The summed E-state index contributed by atoms with van der Waals surface area (Å²) in [7, 11) is 1.62. The molecule has 0 saturated carbocycles. The van der Waals surface area contributed by atoms with Crippen LogP contribution in [-0.4, -0.2) is 56.8 Å². The molecule has 1 fully saturated rings. The molecule has 3 aromatic carbocycles. The molecule has 0 atom stereocenters. The molecule has 0 spiro atoms. The first-order valence-corrected chi connectivity index (χ1v) is 13.9. The summed E-state index contributed by atoms with van der Waals surface area (Å²) >= 11 is 0. The molecule has 206 valence electrons. The van der Waals surface area contributed by atoms with E-state index in [4.69, 9.17) is 9.84 Å². The molecule has 10 nitrogen and oxygen atoms in total. The maximum absolute atomic E-state index is 14.1. The molecular formula is C31H29N7O3. The summed E-state index contributed by atoms with van der Waals surface area (Å²) in [5.74, 6) is 0.758. The molecule has 0 N–H and O–H groups in total. The quantitative estimate of drug-likeness (QED) is 0.313. The SMILES string of the molecule is COc1ccc(-n2nc(Cn3nnc4ccccc43)c3c2C(=O)N(c2ccc(N4CCCCC4=O)cc2)CC3)cc1. The van der Waals surface area contributed by atoms with E-state index in [1.54, 1.807) is 16.7 Å². The number of hydrogen-bond acceptors (Lipinski definition) is 6. The van der Waals surface area contributed by atoms with Crippen molar-refractivity contribution in [2.45, 2.75) is 32.2 Å². The van der Waals surface area contributed by atoms with Crippen LogP contribution in [0.25, 0.3) is 16.7 Å². The lowest BCUT2D eigenvalue weighted by Crippen LogP contribution is -2.39. The number of hydrogen-bond donors (Lipinski definition) is 0. The Bertz CT molecular complexity index is 1760. The molecule has 2 amide bonds. The van der Waals surface area contributed by atoms with Crippen molar-refractivity contribution in [2.24, 2.45) is 0 Å². The minimum Gasteiger partial charge on any atom is -0.497 e. The van der Waals surface area contributed by atoms with E-state index in [0.29, 0.717) is 31.6 Å². The van der Waals surface area contributed by atoms with Crippen molar-refractivity contribution in [3.8, 4) is 11.4 Å². The highest BCUT2D eigenvalue weighted by Crippen LogP contribution is 2.31. The number of piperidine rings is 1. The average molecular weight is 548 g/mol. The Morgan fingerprint density at radius 1 is 0.805 bits per heavy atom. The van der Waals surface area contributed by atoms with E-state index >= 15 is 0 Å². The maximum Gasteiger partial charge on any atom is 0.277 e. The van der Waals surface area contributed by atoms with Gasteiger partial charge in [0.15, 0.2) is 0 Å². The van der Waals surface area contributed by atoms with Crippen molar-refractivity contribution in [3.63, 3.8) is 0 Å². The minimum absolute atomic E-state index is 0.119. The molecule has 41 heavy (non-hydrogen) atoms. The van der Waals surface area contributed by atoms with E-state index in [1.807, 2.05) is 82.4 Å². The summed E-state index contributed by atoms with van der Waals surface area (Å²) in [5.41, 5.74) is 6.40. The van der Waals surface area contributed by atoms with Crippen molar-refractivity contribution in [2.75, 3.05) is 30.0 Å². The summed E-state index contributed by atoms with van der Waals surface area (Å²) < 4.78 is 8.90.